The number of hydrogen-bond acceptors (Lipinski definition) is 2. The van der Waals surface area contributed by atoms with Crippen molar-refractivity contribution >= 4 is 0 Å². The molecule has 2 nitrogen and oxygen atoms in total. The van der Waals surface area contributed by atoms with Gasteiger partial charge < -0.3 is 9.64 Å². The van der Waals surface area contributed by atoms with Crippen molar-refractivity contribution in [2.24, 2.45) is 0 Å². The van der Waals surface area contributed by atoms with Crippen LogP contribution in [-0.4, -0.2) is 18.2 Å². The van der Waals surface area contributed by atoms with Crippen molar-refractivity contribution < 1.29 is 4.74 Å². The van der Waals surface area contributed by atoms with Crippen molar-refractivity contribution in [1.29, 1.82) is 0 Å². The summed E-state index contributed by atoms with van der Waals surface area (Å²) in [5, 5.41) is 0. The smallest absolute Gasteiger partial charge is 0.160 e. The van der Waals surface area contributed by atoms with E-state index in [2.05, 4.69) is 11.8 Å². The summed E-state index contributed by atoms with van der Waals surface area (Å²) in [6.07, 6.45) is 15.0. The summed E-state index contributed by atoms with van der Waals surface area (Å²) in [6, 6.07) is 0. The second-order valence-corrected chi connectivity index (χ2v) is 4.37. The van der Waals surface area contributed by atoms with Crippen molar-refractivity contribution in [3.8, 4) is 0 Å². The maximum atomic E-state index is 5.12. The van der Waals surface area contributed by atoms with E-state index >= 15 is 0 Å². The summed E-state index contributed by atoms with van der Waals surface area (Å²) in [6.45, 7) is 4.19. The van der Waals surface area contributed by atoms with E-state index in [4.69, 9.17) is 4.74 Å². The lowest BCUT2D eigenvalue weighted by molar-refractivity contribution is 0.169. The van der Waals surface area contributed by atoms with Crippen molar-refractivity contribution in [3.63, 3.8) is 0 Å². The first-order chi connectivity index (χ1) is 7.43. The van der Waals surface area contributed by atoms with Crippen molar-refractivity contribution in [3.05, 3.63) is 12.5 Å². The zero-order valence-corrected chi connectivity index (χ0v) is 10.1. The lowest BCUT2D eigenvalue weighted by atomic mass is 10.1. The molecule has 0 aromatic heterocycles. The van der Waals surface area contributed by atoms with Gasteiger partial charge in [-0.05, 0) is 6.42 Å². The predicted molar refractivity (Wildman–Crippen MR) is 64.4 cm³/mol. The molecular weight excluding hydrogens is 186 g/mol. The lowest BCUT2D eigenvalue weighted by Gasteiger charge is -2.12. The van der Waals surface area contributed by atoms with Crippen molar-refractivity contribution in [2.45, 2.75) is 58.3 Å². The fraction of sp³-hybridized carbons (Fsp3) is 0.846. The standard InChI is InChI=1S/C13H25NO/c1-2-3-4-5-6-7-8-9-10-14-11-12-15-13-14/h11-12H,2-10,13H2,1H3. The monoisotopic (exact) mass is 211 g/mol. The summed E-state index contributed by atoms with van der Waals surface area (Å²) in [5.41, 5.74) is 0. The van der Waals surface area contributed by atoms with Crippen LogP contribution in [0.5, 0.6) is 0 Å². The first-order valence-corrected chi connectivity index (χ1v) is 6.46. The molecule has 1 aliphatic heterocycles. The highest BCUT2D eigenvalue weighted by Crippen LogP contribution is 2.09. The van der Waals surface area contributed by atoms with Gasteiger partial charge in [0.1, 0.15) is 6.26 Å². The van der Waals surface area contributed by atoms with Crippen LogP contribution in [0.4, 0.5) is 0 Å². The highest BCUT2D eigenvalue weighted by molar-refractivity contribution is 4.79. The molecule has 0 aromatic rings. The Morgan fingerprint density at radius 1 is 1.00 bits per heavy atom. The molecule has 0 unspecified atom stereocenters. The van der Waals surface area contributed by atoms with Crippen molar-refractivity contribution in [2.75, 3.05) is 13.3 Å². The predicted octanol–water partition coefficient (Wildman–Crippen LogP) is 3.89. The Bertz CT molecular complexity index is 168. The average molecular weight is 211 g/mol. The Morgan fingerprint density at radius 2 is 1.67 bits per heavy atom. The van der Waals surface area contributed by atoms with E-state index in [1.165, 1.54) is 51.4 Å². The topological polar surface area (TPSA) is 12.5 Å². The molecule has 0 atom stereocenters. The van der Waals surface area contributed by atoms with E-state index in [0.29, 0.717) is 0 Å². The Balaban J connectivity index is 1.75. The third kappa shape index (κ3) is 6.43. The maximum absolute atomic E-state index is 5.12. The van der Waals surface area contributed by atoms with Gasteiger partial charge in [0.2, 0.25) is 0 Å². The van der Waals surface area contributed by atoms with Gasteiger partial charge in [-0.1, -0.05) is 51.9 Å². The third-order valence-corrected chi connectivity index (χ3v) is 2.91. The van der Waals surface area contributed by atoms with Crippen LogP contribution in [-0.2, 0) is 4.74 Å². The van der Waals surface area contributed by atoms with Gasteiger partial charge in [-0.15, -0.1) is 0 Å². The molecule has 1 heterocycles. The second kappa shape index (κ2) is 8.63. The minimum absolute atomic E-state index is 0.760. The van der Waals surface area contributed by atoms with Crippen LogP contribution in [0.1, 0.15) is 58.3 Å². The fourth-order valence-electron chi connectivity index (χ4n) is 1.90. The Kier molecular flexibility index (Phi) is 7.14. The summed E-state index contributed by atoms with van der Waals surface area (Å²) in [4.78, 5) is 2.23. The second-order valence-electron chi connectivity index (χ2n) is 4.37. The van der Waals surface area contributed by atoms with Gasteiger partial charge in [0.15, 0.2) is 6.73 Å². The molecule has 0 fully saturated rings. The average Bonchev–Trinajstić information content (AvgIpc) is 2.75. The summed E-state index contributed by atoms with van der Waals surface area (Å²) in [5.74, 6) is 0. The molecule has 0 radical (unpaired) electrons. The highest BCUT2D eigenvalue weighted by atomic mass is 16.5. The molecule has 2 heteroatoms. The summed E-state index contributed by atoms with van der Waals surface area (Å²) >= 11 is 0. The van der Waals surface area contributed by atoms with E-state index < -0.39 is 0 Å². The molecule has 0 saturated carbocycles. The Labute approximate surface area is 94.3 Å². The molecule has 0 aliphatic carbocycles. The van der Waals surface area contributed by atoms with E-state index in [9.17, 15) is 0 Å². The highest BCUT2D eigenvalue weighted by Gasteiger charge is 2.02. The summed E-state index contributed by atoms with van der Waals surface area (Å²) < 4.78 is 5.12. The van der Waals surface area contributed by atoms with E-state index in [1.807, 2.05) is 6.20 Å². The molecule has 0 spiro atoms. The molecule has 88 valence electrons. The molecule has 0 bridgehead atoms. The van der Waals surface area contributed by atoms with Gasteiger partial charge in [-0.25, -0.2) is 0 Å². The quantitative estimate of drug-likeness (QED) is 0.536. The molecule has 1 rings (SSSR count). The van der Waals surface area contributed by atoms with Gasteiger partial charge in [-0.2, -0.15) is 0 Å². The molecule has 15 heavy (non-hydrogen) atoms. The first-order valence-electron chi connectivity index (χ1n) is 6.46. The Hall–Kier alpha value is -0.660. The number of rotatable bonds is 9. The van der Waals surface area contributed by atoms with Gasteiger partial charge in [0.05, 0.1) is 0 Å². The number of nitrogens with zero attached hydrogens (tertiary/aromatic N) is 1. The maximum Gasteiger partial charge on any atom is 0.160 e. The van der Waals surface area contributed by atoms with Crippen LogP contribution in [0.25, 0.3) is 0 Å². The number of ether oxygens (including phenoxy) is 1. The van der Waals surface area contributed by atoms with Crippen molar-refractivity contribution in [1.82, 2.24) is 4.90 Å². The van der Waals surface area contributed by atoms with Crippen LogP contribution < -0.4 is 0 Å². The molecule has 0 amide bonds. The number of hydrogen-bond donors (Lipinski definition) is 0. The lowest BCUT2D eigenvalue weighted by Crippen LogP contribution is -2.16. The van der Waals surface area contributed by atoms with Crippen LogP contribution in [0.2, 0.25) is 0 Å². The normalized spacial score (nSPS) is 14.6. The van der Waals surface area contributed by atoms with Gasteiger partial charge in [0.25, 0.3) is 0 Å². The van der Waals surface area contributed by atoms with E-state index in [0.717, 1.165) is 13.3 Å². The minimum atomic E-state index is 0.760. The Morgan fingerprint density at radius 3 is 2.27 bits per heavy atom. The molecule has 0 saturated heterocycles. The first kappa shape index (κ1) is 12.4. The molecular formula is C13H25NO. The van der Waals surface area contributed by atoms with E-state index in [1.54, 1.807) is 6.26 Å². The molecule has 0 aromatic carbocycles. The molecule has 1 aliphatic rings. The van der Waals surface area contributed by atoms with Crippen LogP contribution in [0.3, 0.4) is 0 Å². The minimum Gasteiger partial charge on any atom is -0.479 e. The zero-order valence-electron chi connectivity index (χ0n) is 10.1. The largest absolute Gasteiger partial charge is 0.479 e. The van der Waals surface area contributed by atoms with Gasteiger partial charge >= 0.3 is 0 Å². The third-order valence-electron chi connectivity index (χ3n) is 2.91. The zero-order chi connectivity index (χ0) is 10.8. The summed E-state index contributed by atoms with van der Waals surface area (Å²) in [7, 11) is 0. The van der Waals surface area contributed by atoms with Gasteiger partial charge in [0, 0.05) is 12.7 Å². The SMILES string of the molecule is CCCCCCCCCCN1C=COC1. The molecule has 0 N–H and O–H groups in total. The fourth-order valence-corrected chi connectivity index (χ4v) is 1.90. The van der Waals surface area contributed by atoms with Crippen LogP contribution in [0.15, 0.2) is 12.5 Å². The van der Waals surface area contributed by atoms with Crippen LogP contribution >= 0.6 is 0 Å². The number of unbranched alkanes of at least 4 members (excludes halogenated alkanes) is 7. The van der Waals surface area contributed by atoms with Gasteiger partial charge in [-0.3, -0.25) is 0 Å². The van der Waals surface area contributed by atoms with E-state index in [-0.39, 0.29) is 0 Å². The van der Waals surface area contributed by atoms with Crippen LogP contribution in [0, 0.1) is 0 Å².